The van der Waals surface area contributed by atoms with E-state index >= 15 is 0 Å². The van der Waals surface area contributed by atoms with Gasteiger partial charge in [-0.2, -0.15) is 0 Å². The average molecular weight is 303 g/mol. The Labute approximate surface area is 131 Å². The molecule has 1 heterocycles. The van der Waals surface area contributed by atoms with Gasteiger partial charge in [0.15, 0.2) is 0 Å². The summed E-state index contributed by atoms with van der Waals surface area (Å²) in [4.78, 5) is 25.6. The zero-order valence-electron chi connectivity index (χ0n) is 13.6. The van der Waals surface area contributed by atoms with E-state index in [1.54, 1.807) is 6.92 Å². The van der Waals surface area contributed by atoms with E-state index in [1.165, 1.54) is 16.7 Å². The predicted octanol–water partition coefficient (Wildman–Crippen LogP) is 2.41. The number of nitrogens with zero attached hydrogens (tertiary/aromatic N) is 1. The third kappa shape index (κ3) is 3.40. The number of nitrogens with one attached hydrogen (secondary N) is 1. The minimum absolute atomic E-state index is 0.0654. The fourth-order valence-corrected chi connectivity index (χ4v) is 3.18. The Morgan fingerprint density at radius 3 is 2.73 bits per heavy atom. The SMILES string of the molecule is Cc1cccc([C@@H]2CCCCN2C(=O)[C@@H](C)NC(N)=O)c1C. The maximum atomic E-state index is 12.7. The highest BCUT2D eigenvalue weighted by atomic mass is 16.2. The van der Waals surface area contributed by atoms with E-state index < -0.39 is 12.1 Å². The Kier molecular flexibility index (Phi) is 5.06. The normalized spacial score (nSPS) is 19.6. The van der Waals surface area contributed by atoms with Crippen LogP contribution >= 0.6 is 0 Å². The summed E-state index contributed by atoms with van der Waals surface area (Å²) < 4.78 is 0. The number of primary amides is 1. The van der Waals surface area contributed by atoms with Gasteiger partial charge in [-0.05, 0) is 56.7 Å². The van der Waals surface area contributed by atoms with Crippen LogP contribution in [-0.4, -0.2) is 29.4 Å². The van der Waals surface area contributed by atoms with Crippen molar-refractivity contribution in [1.29, 1.82) is 0 Å². The molecule has 3 N–H and O–H groups in total. The Hall–Kier alpha value is -2.04. The van der Waals surface area contributed by atoms with Crippen LogP contribution in [-0.2, 0) is 4.79 Å². The molecule has 1 aliphatic rings. The Morgan fingerprint density at radius 1 is 1.32 bits per heavy atom. The fourth-order valence-electron chi connectivity index (χ4n) is 3.18. The summed E-state index contributed by atoms with van der Waals surface area (Å²) in [5.74, 6) is -0.0654. The summed E-state index contributed by atoms with van der Waals surface area (Å²) in [6, 6.07) is 5.05. The molecular formula is C17H25N3O2. The Bertz CT molecular complexity index is 571. The number of carbonyl (C=O) groups excluding carboxylic acids is 2. The maximum Gasteiger partial charge on any atom is 0.312 e. The summed E-state index contributed by atoms with van der Waals surface area (Å²) in [5, 5.41) is 2.49. The van der Waals surface area contributed by atoms with Crippen LogP contribution in [0.2, 0.25) is 0 Å². The quantitative estimate of drug-likeness (QED) is 0.899. The van der Waals surface area contributed by atoms with Crippen LogP contribution in [0.15, 0.2) is 18.2 Å². The number of piperidine rings is 1. The summed E-state index contributed by atoms with van der Waals surface area (Å²) in [5.41, 5.74) is 8.81. The predicted molar refractivity (Wildman–Crippen MR) is 86.4 cm³/mol. The molecule has 0 aromatic heterocycles. The van der Waals surface area contributed by atoms with Crippen molar-refractivity contribution in [2.75, 3.05) is 6.54 Å². The van der Waals surface area contributed by atoms with Crippen molar-refractivity contribution in [3.63, 3.8) is 0 Å². The summed E-state index contributed by atoms with van der Waals surface area (Å²) in [6.45, 7) is 6.60. The number of amides is 3. The molecule has 2 rings (SSSR count). The largest absolute Gasteiger partial charge is 0.352 e. The first kappa shape index (κ1) is 16.3. The van der Waals surface area contributed by atoms with Crippen molar-refractivity contribution in [2.24, 2.45) is 5.73 Å². The number of benzene rings is 1. The van der Waals surface area contributed by atoms with Crippen LogP contribution in [0.1, 0.15) is 48.9 Å². The lowest BCUT2D eigenvalue weighted by Gasteiger charge is -2.38. The topological polar surface area (TPSA) is 75.4 Å². The molecule has 1 aromatic rings. The van der Waals surface area contributed by atoms with Gasteiger partial charge in [-0.3, -0.25) is 4.79 Å². The fraction of sp³-hybridized carbons (Fsp3) is 0.529. The summed E-state index contributed by atoms with van der Waals surface area (Å²) >= 11 is 0. The van der Waals surface area contributed by atoms with Crippen LogP contribution in [0.4, 0.5) is 4.79 Å². The van der Waals surface area contributed by atoms with Gasteiger partial charge in [0.2, 0.25) is 5.91 Å². The summed E-state index contributed by atoms with van der Waals surface area (Å²) in [6.07, 6.45) is 3.06. The molecule has 120 valence electrons. The number of rotatable bonds is 3. The lowest BCUT2D eigenvalue weighted by atomic mass is 9.90. The van der Waals surface area contributed by atoms with Gasteiger partial charge in [0.1, 0.15) is 6.04 Å². The van der Waals surface area contributed by atoms with Gasteiger partial charge in [-0.15, -0.1) is 0 Å². The van der Waals surface area contributed by atoms with Crippen LogP contribution in [0.3, 0.4) is 0 Å². The molecule has 5 heteroatoms. The number of nitrogens with two attached hydrogens (primary N) is 1. The molecule has 0 spiro atoms. The smallest absolute Gasteiger partial charge is 0.312 e. The highest BCUT2D eigenvalue weighted by Gasteiger charge is 2.31. The van der Waals surface area contributed by atoms with Crippen molar-refractivity contribution < 1.29 is 9.59 Å². The Morgan fingerprint density at radius 2 is 2.05 bits per heavy atom. The minimum atomic E-state index is -0.666. The van der Waals surface area contributed by atoms with Crippen molar-refractivity contribution in [3.05, 3.63) is 34.9 Å². The van der Waals surface area contributed by atoms with Gasteiger partial charge in [-0.1, -0.05) is 18.2 Å². The van der Waals surface area contributed by atoms with Gasteiger partial charge in [0.05, 0.1) is 6.04 Å². The maximum absolute atomic E-state index is 12.7. The van der Waals surface area contributed by atoms with E-state index in [9.17, 15) is 9.59 Å². The highest BCUT2D eigenvalue weighted by molar-refractivity contribution is 5.86. The van der Waals surface area contributed by atoms with Gasteiger partial charge in [-0.25, -0.2) is 4.79 Å². The molecule has 1 fully saturated rings. The van der Waals surface area contributed by atoms with Crippen LogP contribution < -0.4 is 11.1 Å². The molecule has 0 aliphatic carbocycles. The number of urea groups is 1. The monoisotopic (exact) mass is 303 g/mol. The van der Waals surface area contributed by atoms with Crippen molar-refractivity contribution in [3.8, 4) is 0 Å². The average Bonchev–Trinajstić information content (AvgIpc) is 2.48. The molecule has 1 aromatic carbocycles. The second-order valence-electron chi connectivity index (χ2n) is 6.06. The number of hydrogen-bond donors (Lipinski definition) is 2. The highest BCUT2D eigenvalue weighted by Crippen LogP contribution is 2.33. The second kappa shape index (κ2) is 6.81. The molecular weight excluding hydrogens is 278 g/mol. The van der Waals surface area contributed by atoms with E-state index in [4.69, 9.17) is 5.73 Å². The van der Waals surface area contributed by atoms with E-state index in [2.05, 4.69) is 31.3 Å². The third-order valence-corrected chi connectivity index (χ3v) is 4.52. The van der Waals surface area contributed by atoms with Crippen molar-refractivity contribution in [2.45, 2.75) is 52.1 Å². The first-order valence-electron chi connectivity index (χ1n) is 7.84. The zero-order valence-corrected chi connectivity index (χ0v) is 13.6. The Balaban J connectivity index is 2.26. The van der Waals surface area contributed by atoms with E-state index in [0.29, 0.717) is 0 Å². The molecule has 1 aliphatic heterocycles. The first-order valence-corrected chi connectivity index (χ1v) is 7.84. The number of likely N-dealkylation sites (tertiary alicyclic amines) is 1. The van der Waals surface area contributed by atoms with E-state index in [0.717, 1.165) is 25.8 Å². The van der Waals surface area contributed by atoms with Crippen molar-refractivity contribution >= 4 is 11.9 Å². The van der Waals surface area contributed by atoms with E-state index in [-0.39, 0.29) is 11.9 Å². The number of hydrogen-bond acceptors (Lipinski definition) is 2. The second-order valence-corrected chi connectivity index (χ2v) is 6.06. The van der Waals surface area contributed by atoms with Crippen LogP contribution in [0.25, 0.3) is 0 Å². The molecule has 0 unspecified atom stereocenters. The van der Waals surface area contributed by atoms with E-state index in [1.807, 2.05) is 11.0 Å². The standard InChI is InChI=1S/C17H25N3O2/c1-11-7-6-8-14(12(11)2)15-9-4-5-10-20(15)16(21)13(3)19-17(18)22/h6-8,13,15H,4-5,9-10H2,1-3H3,(H3,18,19,22)/t13-,15+/m1/s1. The molecule has 22 heavy (non-hydrogen) atoms. The van der Waals surface area contributed by atoms with Crippen LogP contribution in [0, 0.1) is 13.8 Å². The lowest BCUT2D eigenvalue weighted by molar-refractivity contribution is -0.136. The third-order valence-electron chi connectivity index (χ3n) is 4.52. The molecule has 5 nitrogen and oxygen atoms in total. The van der Waals surface area contributed by atoms with Crippen LogP contribution in [0.5, 0.6) is 0 Å². The van der Waals surface area contributed by atoms with Crippen molar-refractivity contribution in [1.82, 2.24) is 10.2 Å². The number of carbonyl (C=O) groups is 2. The first-order chi connectivity index (χ1) is 10.4. The zero-order chi connectivity index (χ0) is 16.3. The number of aryl methyl sites for hydroxylation is 1. The molecule has 1 saturated heterocycles. The molecule has 0 radical (unpaired) electrons. The molecule has 0 saturated carbocycles. The van der Waals surface area contributed by atoms with Gasteiger partial charge in [0, 0.05) is 6.54 Å². The molecule has 3 amide bonds. The van der Waals surface area contributed by atoms with Gasteiger partial charge < -0.3 is 16.0 Å². The summed E-state index contributed by atoms with van der Waals surface area (Å²) in [7, 11) is 0. The van der Waals surface area contributed by atoms with Gasteiger partial charge in [0.25, 0.3) is 0 Å². The molecule has 0 bridgehead atoms. The lowest BCUT2D eigenvalue weighted by Crippen LogP contribution is -2.50. The molecule has 2 atom stereocenters. The minimum Gasteiger partial charge on any atom is -0.352 e. The van der Waals surface area contributed by atoms with Gasteiger partial charge >= 0.3 is 6.03 Å².